The van der Waals surface area contributed by atoms with Gasteiger partial charge in [0, 0.05) is 20.6 Å². The second kappa shape index (κ2) is 15.6. The molecule has 0 aliphatic carbocycles. The van der Waals surface area contributed by atoms with Gasteiger partial charge in [0.05, 0.1) is 0 Å². The third-order valence-corrected chi connectivity index (χ3v) is 22.4. The van der Waals surface area contributed by atoms with Gasteiger partial charge in [0.15, 0.2) is 0 Å². The average molecular weight is 741 g/mol. The monoisotopic (exact) mass is 740 g/mol. The second-order valence-electron chi connectivity index (χ2n) is 12.3. The van der Waals surface area contributed by atoms with Gasteiger partial charge in [0.25, 0.3) is 0 Å². The van der Waals surface area contributed by atoms with E-state index in [1.807, 2.05) is 22.4 Å². The predicted octanol–water partition coefficient (Wildman–Crippen LogP) is 9.70. The maximum Gasteiger partial charge on any atom is 0.383 e. The lowest BCUT2D eigenvalue weighted by molar-refractivity contribution is 0.579. The van der Waals surface area contributed by atoms with E-state index in [9.17, 15) is 0 Å². The van der Waals surface area contributed by atoms with Crippen molar-refractivity contribution in [3.05, 3.63) is 218 Å². The Morgan fingerprint density at radius 1 is 0.269 bits per heavy atom. The SMILES string of the molecule is c1ccc(S[Si](Oc2ccc(O[Si](Sc3ccccc3)(c3ccccc3)c3ccccc3)c3ccccc23)(c2ccccc2)c2ccccc2)cc1. The molecule has 0 unspecified atom stereocenters. The number of hydrogen-bond donors (Lipinski definition) is 0. The molecule has 8 aromatic carbocycles. The van der Waals surface area contributed by atoms with Gasteiger partial charge in [-0.2, -0.15) is 0 Å². The molecule has 0 spiro atoms. The fraction of sp³-hybridized carbons (Fsp3) is 0. The van der Waals surface area contributed by atoms with Crippen molar-refractivity contribution < 1.29 is 8.85 Å². The summed E-state index contributed by atoms with van der Waals surface area (Å²) in [6.45, 7) is 0. The van der Waals surface area contributed by atoms with Gasteiger partial charge in [-0.1, -0.05) is 204 Å². The highest BCUT2D eigenvalue weighted by Gasteiger charge is 2.46. The van der Waals surface area contributed by atoms with Gasteiger partial charge >= 0.3 is 14.9 Å². The molecule has 0 heterocycles. The molecule has 0 atom stereocenters. The van der Waals surface area contributed by atoms with Gasteiger partial charge in [-0.05, 0) is 57.1 Å². The van der Waals surface area contributed by atoms with Crippen LogP contribution in [-0.2, 0) is 0 Å². The van der Waals surface area contributed by atoms with Crippen LogP contribution in [0.4, 0.5) is 0 Å². The van der Waals surface area contributed by atoms with E-state index < -0.39 is 14.9 Å². The van der Waals surface area contributed by atoms with Crippen molar-refractivity contribution in [3.8, 4) is 11.5 Å². The van der Waals surface area contributed by atoms with E-state index in [1.165, 1.54) is 30.5 Å². The Morgan fingerprint density at radius 3 is 0.808 bits per heavy atom. The van der Waals surface area contributed by atoms with E-state index in [0.717, 1.165) is 22.3 Å². The zero-order chi connectivity index (χ0) is 35.1. The quantitative estimate of drug-likeness (QED) is 0.116. The first kappa shape index (κ1) is 33.9. The van der Waals surface area contributed by atoms with Crippen LogP contribution in [-0.4, -0.2) is 14.9 Å². The van der Waals surface area contributed by atoms with Crippen LogP contribution in [0, 0.1) is 0 Å². The highest BCUT2D eigenvalue weighted by molar-refractivity contribution is 8.31. The highest BCUT2D eigenvalue weighted by atomic mass is 32.4. The van der Waals surface area contributed by atoms with E-state index >= 15 is 0 Å². The third kappa shape index (κ3) is 6.98. The lowest BCUT2D eigenvalue weighted by atomic mass is 10.1. The van der Waals surface area contributed by atoms with E-state index in [2.05, 4.69) is 218 Å². The van der Waals surface area contributed by atoms with Gasteiger partial charge < -0.3 is 8.85 Å². The second-order valence-corrected chi connectivity index (χ2v) is 23.5. The van der Waals surface area contributed by atoms with Gasteiger partial charge in [0.2, 0.25) is 0 Å². The van der Waals surface area contributed by atoms with Gasteiger partial charge in [-0.15, -0.1) is 0 Å². The molecule has 0 aliphatic rings. The summed E-state index contributed by atoms with van der Waals surface area (Å²) < 4.78 is 15.2. The third-order valence-electron chi connectivity index (χ3n) is 8.98. The van der Waals surface area contributed by atoms with Crippen molar-refractivity contribution in [2.75, 3.05) is 0 Å². The molecule has 0 saturated carbocycles. The minimum atomic E-state index is -2.99. The van der Waals surface area contributed by atoms with Crippen LogP contribution in [0.5, 0.6) is 11.5 Å². The van der Waals surface area contributed by atoms with Crippen molar-refractivity contribution in [2.24, 2.45) is 0 Å². The number of rotatable bonds is 12. The van der Waals surface area contributed by atoms with Crippen LogP contribution >= 0.6 is 22.4 Å². The summed E-state index contributed by atoms with van der Waals surface area (Å²) in [6, 6.07) is 77.0. The molecule has 0 radical (unpaired) electrons. The molecule has 2 nitrogen and oxygen atoms in total. The molecule has 0 aromatic heterocycles. The topological polar surface area (TPSA) is 18.5 Å². The Hall–Kier alpha value is -5.25. The first-order valence-corrected chi connectivity index (χ1v) is 24.2. The van der Waals surface area contributed by atoms with E-state index in [1.54, 1.807) is 0 Å². The fourth-order valence-corrected chi connectivity index (χ4v) is 19.6. The summed E-state index contributed by atoms with van der Waals surface area (Å²) in [7, 11) is -5.97. The van der Waals surface area contributed by atoms with Crippen LogP contribution in [0.25, 0.3) is 10.8 Å². The summed E-state index contributed by atoms with van der Waals surface area (Å²) in [5, 5.41) is 6.81. The molecular formula is C46H36O2S2Si2. The number of benzene rings is 8. The van der Waals surface area contributed by atoms with Gasteiger partial charge in [-0.25, -0.2) is 0 Å². The van der Waals surface area contributed by atoms with Crippen molar-refractivity contribution >= 4 is 68.9 Å². The Balaban J connectivity index is 1.30. The highest BCUT2D eigenvalue weighted by Crippen LogP contribution is 2.40. The Kier molecular flexibility index (Phi) is 10.1. The normalized spacial score (nSPS) is 11.6. The first-order valence-electron chi connectivity index (χ1n) is 17.3. The smallest absolute Gasteiger partial charge is 0.383 e. The molecule has 8 rings (SSSR count). The van der Waals surface area contributed by atoms with Gasteiger partial charge in [0.1, 0.15) is 11.5 Å². The molecule has 0 amide bonds. The van der Waals surface area contributed by atoms with Crippen molar-refractivity contribution in [1.82, 2.24) is 0 Å². The van der Waals surface area contributed by atoms with Crippen LogP contribution < -0.4 is 29.6 Å². The molecule has 8 aromatic rings. The largest absolute Gasteiger partial charge is 0.525 e. The standard InChI is InChI=1S/C46H36O2S2Si2/c1-7-21-37(22-8-1)49-51(39-25-11-3-12-26-39,40-27-13-4-14-28-40)47-45-35-36-46(44-34-20-19-33-43(44)45)48-52(41-29-15-5-16-30-41,42-31-17-6-18-32-42)50-38-23-9-2-10-24-38/h1-36H. The minimum Gasteiger partial charge on any atom is -0.525 e. The number of fused-ring (bicyclic) bond motifs is 1. The Labute approximate surface area is 315 Å². The number of hydrogen-bond acceptors (Lipinski definition) is 4. The average Bonchev–Trinajstić information content (AvgIpc) is 3.23. The maximum absolute atomic E-state index is 7.59. The molecule has 252 valence electrons. The molecular weight excluding hydrogens is 705 g/mol. The summed E-state index contributed by atoms with van der Waals surface area (Å²) in [5.41, 5.74) is 0. The van der Waals surface area contributed by atoms with E-state index in [-0.39, 0.29) is 0 Å². The fourth-order valence-electron chi connectivity index (χ4n) is 6.52. The molecule has 0 bridgehead atoms. The summed E-state index contributed by atoms with van der Waals surface area (Å²) >= 11 is 3.69. The van der Waals surface area contributed by atoms with E-state index in [0.29, 0.717) is 0 Å². The van der Waals surface area contributed by atoms with Crippen molar-refractivity contribution in [2.45, 2.75) is 9.79 Å². The maximum atomic E-state index is 7.59. The predicted molar refractivity (Wildman–Crippen MR) is 226 cm³/mol. The lowest BCUT2D eigenvalue weighted by Gasteiger charge is -2.34. The molecule has 6 heteroatoms. The molecule has 52 heavy (non-hydrogen) atoms. The molecule has 0 saturated heterocycles. The lowest BCUT2D eigenvalue weighted by Crippen LogP contribution is -2.61. The van der Waals surface area contributed by atoms with Crippen LogP contribution in [0.3, 0.4) is 0 Å². The zero-order valence-electron chi connectivity index (χ0n) is 28.4. The van der Waals surface area contributed by atoms with Gasteiger partial charge in [-0.3, -0.25) is 0 Å². The summed E-state index contributed by atoms with van der Waals surface area (Å²) in [4.78, 5) is 2.34. The molecule has 0 fully saturated rings. The molecule has 0 N–H and O–H groups in total. The zero-order valence-corrected chi connectivity index (χ0v) is 32.1. The van der Waals surface area contributed by atoms with Crippen LogP contribution in [0.2, 0.25) is 0 Å². The van der Waals surface area contributed by atoms with Crippen molar-refractivity contribution in [3.63, 3.8) is 0 Å². The van der Waals surface area contributed by atoms with Crippen LogP contribution in [0.1, 0.15) is 0 Å². The Morgan fingerprint density at radius 2 is 0.519 bits per heavy atom. The molecule has 0 aliphatic heterocycles. The summed E-state index contributed by atoms with van der Waals surface area (Å²) in [6.07, 6.45) is 0. The van der Waals surface area contributed by atoms with Crippen LogP contribution in [0.15, 0.2) is 228 Å². The van der Waals surface area contributed by atoms with Crippen molar-refractivity contribution in [1.29, 1.82) is 0 Å². The summed E-state index contributed by atoms with van der Waals surface area (Å²) in [5.74, 6) is 1.68. The first-order chi connectivity index (χ1) is 25.7. The Bertz CT molecular complexity index is 2100. The van der Waals surface area contributed by atoms with E-state index in [4.69, 9.17) is 8.85 Å². The minimum absolute atomic E-state index is 0.841.